The van der Waals surface area contributed by atoms with Crippen LogP contribution in [0, 0.1) is 5.92 Å². The minimum absolute atomic E-state index is 0.0694. The van der Waals surface area contributed by atoms with Crippen molar-refractivity contribution in [3.8, 4) is 5.88 Å². The Labute approximate surface area is 197 Å². The summed E-state index contributed by atoms with van der Waals surface area (Å²) in [5.74, 6) is 0.0333. The van der Waals surface area contributed by atoms with Crippen molar-refractivity contribution in [3.05, 3.63) is 29.5 Å². The summed E-state index contributed by atoms with van der Waals surface area (Å²) in [5, 5.41) is 12.7. The van der Waals surface area contributed by atoms with Crippen LogP contribution in [0.15, 0.2) is 18.3 Å². The number of pyridine rings is 1. The number of aliphatic hydroxyl groups excluding tert-OH is 1. The zero-order chi connectivity index (χ0) is 24.0. The van der Waals surface area contributed by atoms with E-state index in [0.717, 1.165) is 31.2 Å². The highest BCUT2D eigenvalue weighted by Crippen LogP contribution is 2.32. The molecule has 0 aromatic carbocycles. The van der Waals surface area contributed by atoms with Gasteiger partial charge >= 0.3 is 6.03 Å². The summed E-state index contributed by atoms with van der Waals surface area (Å²) >= 11 is 0. The summed E-state index contributed by atoms with van der Waals surface area (Å²) in [5.41, 5.74) is 2.57. The number of aromatic nitrogens is 1. The van der Waals surface area contributed by atoms with Crippen molar-refractivity contribution in [2.45, 2.75) is 65.0 Å². The summed E-state index contributed by atoms with van der Waals surface area (Å²) in [7, 11) is 1.74. The van der Waals surface area contributed by atoms with Gasteiger partial charge in [-0.05, 0) is 56.2 Å². The van der Waals surface area contributed by atoms with Gasteiger partial charge in [-0.25, -0.2) is 9.78 Å². The van der Waals surface area contributed by atoms with E-state index >= 15 is 0 Å². The van der Waals surface area contributed by atoms with Gasteiger partial charge in [-0.1, -0.05) is 19.9 Å². The van der Waals surface area contributed by atoms with E-state index in [0.29, 0.717) is 25.2 Å². The van der Waals surface area contributed by atoms with Crippen molar-refractivity contribution < 1.29 is 19.4 Å². The molecule has 0 saturated heterocycles. The van der Waals surface area contributed by atoms with Crippen LogP contribution in [0.2, 0.25) is 0 Å². The largest absolute Gasteiger partial charge is 0.472 e. The molecule has 3 amide bonds. The first kappa shape index (κ1) is 25.0. The predicted octanol–water partition coefficient (Wildman–Crippen LogP) is 3.31. The van der Waals surface area contributed by atoms with Gasteiger partial charge in [0.1, 0.15) is 11.7 Å². The predicted molar refractivity (Wildman–Crippen MR) is 128 cm³/mol. The molecule has 8 heteroatoms. The zero-order valence-electron chi connectivity index (χ0n) is 20.3. The minimum Gasteiger partial charge on any atom is -0.472 e. The highest BCUT2D eigenvalue weighted by molar-refractivity contribution is 5.97. The quantitative estimate of drug-likeness (QED) is 0.654. The maximum absolute atomic E-state index is 13.5. The summed E-state index contributed by atoms with van der Waals surface area (Å²) in [6, 6.07) is 1.39. The fraction of sp³-hybridized carbons (Fsp3) is 0.640. The Bertz CT molecular complexity index is 872. The van der Waals surface area contributed by atoms with Gasteiger partial charge in [0, 0.05) is 32.3 Å². The molecule has 0 bridgehead atoms. The lowest BCUT2D eigenvalue weighted by Gasteiger charge is -2.37. The maximum Gasteiger partial charge on any atom is 0.317 e. The highest BCUT2D eigenvalue weighted by atomic mass is 16.5. The molecule has 1 aromatic heterocycles. The van der Waals surface area contributed by atoms with Crippen molar-refractivity contribution in [3.63, 3.8) is 0 Å². The second kappa shape index (κ2) is 11.5. The molecule has 0 spiro atoms. The minimum atomic E-state index is -0.352. The summed E-state index contributed by atoms with van der Waals surface area (Å²) < 4.78 is 6.29. The fourth-order valence-corrected chi connectivity index (χ4v) is 4.32. The molecule has 2 heterocycles. The number of carbonyl (C=O) groups excluding carboxylic acids is 2. The molecule has 0 radical (unpaired) electrons. The van der Waals surface area contributed by atoms with Crippen molar-refractivity contribution in [1.29, 1.82) is 0 Å². The molecule has 3 rings (SSSR count). The molecule has 0 unspecified atom stereocenters. The SMILES string of the molecule is CCCNC(=O)N(C)C[C@@H]1Oc2ncc(C3=CCCCC3)cc2C(=O)N([C@H](C)CO)C[C@H]1C. The van der Waals surface area contributed by atoms with Gasteiger partial charge in [0.05, 0.1) is 19.2 Å². The first-order chi connectivity index (χ1) is 15.8. The molecule has 0 fully saturated rings. The van der Waals surface area contributed by atoms with Crippen LogP contribution in [-0.2, 0) is 0 Å². The van der Waals surface area contributed by atoms with E-state index in [9.17, 15) is 14.7 Å². The number of rotatable bonds is 7. The van der Waals surface area contributed by atoms with E-state index in [1.54, 1.807) is 23.0 Å². The second-order valence-corrected chi connectivity index (χ2v) is 9.29. The van der Waals surface area contributed by atoms with Crippen LogP contribution in [0.25, 0.3) is 5.57 Å². The van der Waals surface area contributed by atoms with Gasteiger partial charge in [-0.2, -0.15) is 0 Å². The third-order valence-corrected chi connectivity index (χ3v) is 6.51. The number of carbonyl (C=O) groups is 2. The van der Waals surface area contributed by atoms with Gasteiger partial charge < -0.3 is 25.0 Å². The van der Waals surface area contributed by atoms with Crippen LogP contribution < -0.4 is 10.1 Å². The Balaban J connectivity index is 1.93. The number of hydrogen-bond acceptors (Lipinski definition) is 5. The third-order valence-electron chi connectivity index (χ3n) is 6.51. The normalized spacial score (nSPS) is 21.8. The second-order valence-electron chi connectivity index (χ2n) is 9.29. The van der Waals surface area contributed by atoms with E-state index < -0.39 is 0 Å². The Morgan fingerprint density at radius 3 is 2.88 bits per heavy atom. The average Bonchev–Trinajstić information content (AvgIpc) is 2.84. The highest BCUT2D eigenvalue weighted by Gasteiger charge is 2.34. The lowest BCUT2D eigenvalue weighted by Crippen LogP contribution is -2.51. The number of hydrogen-bond donors (Lipinski definition) is 2. The summed E-state index contributed by atoms with van der Waals surface area (Å²) in [6.45, 7) is 7.11. The van der Waals surface area contributed by atoms with E-state index in [2.05, 4.69) is 16.4 Å². The number of ether oxygens (including phenoxy) is 1. The van der Waals surface area contributed by atoms with E-state index in [1.807, 2.05) is 26.8 Å². The molecule has 8 nitrogen and oxygen atoms in total. The first-order valence-electron chi connectivity index (χ1n) is 12.1. The van der Waals surface area contributed by atoms with Crippen LogP contribution in [0.5, 0.6) is 5.88 Å². The van der Waals surface area contributed by atoms with Gasteiger partial charge in [-0.3, -0.25) is 4.79 Å². The van der Waals surface area contributed by atoms with E-state index in [4.69, 9.17) is 4.74 Å². The van der Waals surface area contributed by atoms with Crippen LogP contribution in [0.4, 0.5) is 4.79 Å². The molecule has 1 aliphatic heterocycles. The number of allylic oxidation sites excluding steroid dienone is 2. The Kier molecular flexibility index (Phi) is 8.72. The number of fused-ring (bicyclic) bond motifs is 1. The summed E-state index contributed by atoms with van der Waals surface area (Å²) in [4.78, 5) is 33.8. The molecule has 2 N–H and O–H groups in total. The standard InChI is InChI=1S/C25H38N4O4/c1-5-11-26-25(32)28(4)15-22-17(2)14-29(18(3)16-30)24(31)21-12-20(13-27-23(21)33-22)19-9-7-6-8-10-19/h9,12-13,17-18,22,30H,5-8,10-11,14-16H2,1-4H3,(H,26,32)/t17-,18-,22+/m1/s1. The third kappa shape index (κ3) is 6.05. The van der Waals surface area contributed by atoms with E-state index in [-0.39, 0.29) is 42.5 Å². The number of nitrogens with zero attached hydrogens (tertiary/aromatic N) is 3. The van der Waals surface area contributed by atoms with Crippen molar-refractivity contribution in [2.75, 3.05) is 33.3 Å². The van der Waals surface area contributed by atoms with Gasteiger partial charge in [0.25, 0.3) is 5.91 Å². The number of aliphatic hydroxyl groups is 1. The Morgan fingerprint density at radius 2 is 2.21 bits per heavy atom. The molecule has 182 valence electrons. The van der Waals surface area contributed by atoms with Crippen molar-refractivity contribution in [1.82, 2.24) is 20.1 Å². The molecule has 33 heavy (non-hydrogen) atoms. The van der Waals surface area contributed by atoms with Gasteiger partial charge in [0.2, 0.25) is 5.88 Å². The molecule has 1 aromatic rings. The zero-order valence-corrected chi connectivity index (χ0v) is 20.3. The smallest absolute Gasteiger partial charge is 0.317 e. The number of likely N-dealkylation sites (N-methyl/N-ethyl adjacent to an activating group) is 1. The molecule has 0 saturated carbocycles. The Hall–Kier alpha value is -2.61. The van der Waals surface area contributed by atoms with Crippen LogP contribution >= 0.6 is 0 Å². The number of nitrogens with one attached hydrogen (secondary N) is 1. The van der Waals surface area contributed by atoms with Gasteiger partial charge in [0.15, 0.2) is 0 Å². The average molecular weight is 459 g/mol. The van der Waals surface area contributed by atoms with Crippen molar-refractivity contribution >= 4 is 17.5 Å². The van der Waals surface area contributed by atoms with Crippen LogP contribution in [0.3, 0.4) is 0 Å². The monoisotopic (exact) mass is 458 g/mol. The first-order valence-corrected chi connectivity index (χ1v) is 12.1. The molecule has 1 aliphatic carbocycles. The topological polar surface area (TPSA) is 95.0 Å². The molecular weight excluding hydrogens is 420 g/mol. The molecular formula is C25H38N4O4. The van der Waals surface area contributed by atoms with Crippen LogP contribution in [0.1, 0.15) is 68.8 Å². The van der Waals surface area contributed by atoms with Crippen molar-refractivity contribution in [2.24, 2.45) is 5.92 Å². The van der Waals surface area contributed by atoms with Gasteiger partial charge in [-0.15, -0.1) is 0 Å². The number of amides is 3. The Morgan fingerprint density at radius 1 is 1.42 bits per heavy atom. The summed E-state index contributed by atoms with van der Waals surface area (Å²) in [6.07, 6.45) is 8.85. The lowest BCUT2D eigenvalue weighted by atomic mass is 9.93. The molecule has 3 atom stereocenters. The van der Waals surface area contributed by atoms with Crippen LogP contribution in [-0.4, -0.2) is 77.3 Å². The molecule has 2 aliphatic rings. The number of urea groups is 1. The fourth-order valence-electron chi connectivity index (χ4n) is 4.32. The lowest BCUT2D eigenvalue weighted by molar-refractivity contribution is 0.0352. The van der Waals surface area contributed by atoms with E-state index in [1.165, 1.54) is 12.0 Å². The maximum atomic E-state index is 13.5.